The number of benzene rings is 2. The van der Waals surface area contributed by atoms with Crippen molar-refractivity contribution in [2.24, 2.45) is 16.0 Å². The van der Waals surface area contributed by atoms with Crippen LogP contribution in [0.3, 0.4) is 0 Å². The van der Waals surface area contributed by atoms with Gasteiger partial charge in [-0.05, 0) is 46.3 Å². The van der Waals surface area contributed by atoms with E-state index in [2.05, 4.69) is 45.0 Å². The first-order chi connectivity index (χ1) is 15.0. The summed E-state index contributed by atoms with van der Waals surface area (Å²) in [5, 5.41) is 18.2. The topological polar surface area (TPSA) is 73.8 Å². The Bertz CT molecular complexity index is 1310. The SMILES string of the molecule is CC(C)C1=NN2C(=N)/C(=C/c3cccn3Cc3cccc4ccccc34)C(=O)N=C2S1. The number of aliphatic imine (C=N–C) groups is 1. The zero-order valence-corrected chi connectivity index (χ0v) is 18.1. The fourth-order valence-corrected chi connectivity index (χ4v) is 4.60. The Kier molecular flexibility index (Phi) is 4.82. The average molecular weight is 428 g/mol. The van der Waals surface area contributed by atoms with Gasteiger partial charge >= 0.3 is 0 Å². The number of rotatable bonds is 4. The van der Waals surface area contributed by atoms with Gasteiger partial charge in [0, 0.05) is 24.4 Å². The van der Waals surface area contributed by atoms with Crippen molar-refractivity contribution in [2.45, 2.75) is 20.4 Å². The largest absolute Gasteiger partial charge is 0.344 e. The van der Waals surface area contributed by atoms with Crippen molar-refractivity contribution in [3.8, 4) is 0 Å². The summed E-state index contributed by atoms with van der Waals surface area (Å²) in [5.74, 6) is -0.121. The lowest BCUT2D eigenvalue weighted by Crippen LogP contribution is -2.35. The first-order valence-corrected chi connectivity index (χ1v) is 10.9. The van der Waals surface area contributed by atoms with Crippen LogP contribution in [0.4, 0.5) is 0 Å². The van der Waals surface area contributed by atoms with Crippen LogP contribution < -0.4 is 0 Å². The number of aromatic nitrogens is 1. The van der Waals surface area contributed by atoms with Crippen molar-refractivity contribution >= 4 is 50.6 Å². The van der Waals surface area contributed by atoms with Gasteiger partial charge in [-0.2, -0.15) is 15.1 Å². The molecule has 2 aliphatic rings. The summed E-state index contributed by atoms with van der Waals surface area (Å²) in [6, 6.07) is 18.5. The number of thioether (sulfide) groups is 1. The van der Waals surface area contributed by atoms with Gasteiger partial charge in [0.2, 0.25) is 5.17 Å². The quantitative estimate of drug-likeness (QED) is 0.598. The Balaban J connectivity index is 1.49. The Morgan fingerprint density at radius 1 is 1.10 bits per heavy atom. The minimum Gasteiger partial charge on any atom is -0.344 e. The third kappa shape index (κ3) is 3.51. The second-order valence-electron chi connectivity index (χ2n) is 7.81. The molecule has 0 unspecified atom stereocenters. The van der Waals surface area contributed by atoms with Crippen molar-refractivity contribution < 1.29 is 4.79 Å². The summed E-state index contributed by atoms with van der Waals surface area (Å²) in [7, 11) is 0. The Hall–Kier alpha value is -3.45. The molecule has 2 aromatic carbocycles. The van der Waals surface area contributed by atoms with E-state index in [0.717, 1.165) is 10.7 Å². The molecule has 0 aliphatic carbocycles. The molecule has 6 nitrogen and oxygen atoms in total. The van der Waals surface area contributed by atoms with Crippen molar-refractivity contribution in [2.75, 3.05) is 0 Å². The van der Waals surface area contributed by atoms with Crippen LogP contribution in [0.1, 0.15) is 25.1 Å². The van der Waals surface area contributed by atoms with Crippen molar-refractivity contribution in [1.29, 1.82) is 5.41 Å². The molecule has 7 heteroatoms. The minimum absolute atomic E-state index is 0.0658. The molecular weight excluding hydrogens is 406 g/mol. The molecule has 0 fully saturated rings. The highest BCUT2D eigenvalue weighted by molar-refractivity contribution is 8.27. The van der Waals surface area contributed by atoms with Gasteiger partial charge in [-0.1, -0.05) is 56.3 Å². The number of carbonyl (C=O) groups is 1. The predicted octanol–water partition coefficient (Wildman–Crippen LogP) is 4.96. The molecule has 3 heterocycles. The molecule has 0 bridgehead atoms. The van der Waals surface area contributed by atoms with E-state index in [4.69, 9.17) is 5.41 Å². The van der Waals surface area contributed by atoms with Crippen LogP contribution in [-0.2, 0) is 11.3 Å². The Morgan fingerprint density at radius 2 is 1.90 bits per heavy atom. The number of hydrazone groups is 1. The van der Waals surface area contributed by atoms with E-state index in [1.165, 1.54) is 33.1 Å². The number of amides is 1. The molecule has 3 aromatic rings. The fraction of sp³-hybridized carbons (Fsp3) is 0.167. The third-order valence-corrected chi connectivity index (χ3v) is 6.55. The number of hydrogen-bond acceptors (Lipinski definition) is 4. The first kappa shape index (κ1) is 19.5. The summed E-state index contributed by atoms with van der Waals surface area (Å²) >= 11 is 1.36. The van der Waals surface area contributed by atoms with Crippen LogP contribution in [0.25, 0.3) is 16.8 Å². The Labute approximate surface area is 184 Å². The smallest absolute Gasteiger partial charge is 0.283 e. The predicted molar refractivity (Wildman–Crippen MR) is 127 cm³/mol. The van der Waals surface area contributed by atoms with Crippen LogP contribution in [0, 0.1) is 11.3 Å². The van der Waals surface area contributed by atoms with E-state index in [1.54, 1.807) is 6.08 Å². The second kappa shape index (κ2) is 7.67. The van der Waals surface area contributed by atoms with Crippen LogP contribution in [-0.4, -0.2) is 31.5 Å². The highest BCUT2D eigenvalue weighted by Gasteiger charge is 2.36. The molecule has 0 saturated heterocycles. The Morgan fingerprint density at radius 3 is 2.74 bits per heavy atom. The van der Waals surface area contributed by atoms with Crippen LogP contribution >= 0.6 is 11.8 Å². The molecule has 2 aliphatic heterocycles. The zero-order valence-electron chi connectivity index (χ0n) is 17.2. The summed E-state index contributed by atoms with van der Waals surface area (Å²) in [5.41, 5.74) is 2.29. The molecular formula is C24H21N5OS. The van der Waals surface area contributed by atoms with E-state index in [-0.39, 0.29) is 17.3 Å². The lowest BCUT2D eigenvalue weighted by molar-refractivity contribution is -0.114. The van der Waals surface area contributed by atoms with E-state index >= 15 is 0 Å². The summed E-state index contributed by atoms with van der Waals surface area (Å²) < 4.78 is 2.08. The molecule has 0 radical (unpaired) electrons. The lowest BCUT2D eigenvalue weighted by Gasteiger charge is -2.20. The monoisotopic (exact) mass is 427 g/mol. The number of amidine groups is 2. The molecule has 1 amide bonds. The zero-order chi connectivity index (χ0) is 21.5. The summed E-state index contributed by atoms with van der Waals surface area (Å²) in [4.78, 5) is 16.9. The van der Waals surface area contributed by atoms with E-state index < -0.39 is 5.91 Å². The van der Waals surface area contributed by atoms with Gasteiger partial charge in [0.15, 0.2) is 5.84 Å². The number of fused-ring (bicyclic) bond motifs is 2. The van der Waals surface area contributed by atoms with Crippen LogP contribution in [0.15, 0.2) is 76.5 Å². The lowest BCUT2D eigenvalue weighted by atomic mass is 10.0. The summed E-state index contributed by atoms with van der Waals surface area (Å²) in [6.45, 7) is 4.74. The highest BCUT2D eigenvalue weighted by Crippen LogP contribution is 2.31. The van der Waals surface area contributed by atoms with E-state index in [9.17, 15) is 4.79 Å². The van der Waals surface area contributed by atoms with Gasteiger partial charge < -0.3 is 4.57 Å². The maximum Gasteiger partial charge on any atom is 0.283 e. The van der Waals surface area contributed by atoms with Crippen molar-refractivity contribution in [3.05, 3.63) is 77.6 Å². The standard InChI is InChI=1S/C24H21N5OS/c1-15(2)23-27-29-21(25)20(22(30)26-24(29)31-23)13-18-10-6-12-28(18)14-17-9-5-8-16-7-3-4-11-19(16)17/h3-13,15,25H,14H2,1-2H3/b20-13-,25-21?. The van der Waals surface area contributed by atoms with Crippen molar-refractivity contribution in [1.82, 2.24) is 9.58 Å². The van der Waals surface area contributed by atoms with E-state index in [0.29, 0.717) is 11.7 Å². The number of hydrogen-bond donors (Lipinski definition) is 1. The van der Waals surface area contributed by atoms with Crippen molar-refractivity contribution in [3.63, 3.8) is 0 Å². The second-order valence-corrected chi connectivity index (χ2v) is 8.80. The van der Waals surface area contributed by atoms with Gasteiger partial charge in [0.25, 0.3) is 5.91 Å². The third-order valence-electron chi connectivity index (χ3n) is 5.34. The molecule has 1 N–H and O–H groups in total. The van der Waals surface area contributed by atoms with Gasteiger partial charge in [0.1, 0.15) is 5.04 Å². The number of nitrogens with zero attached hydrogens (tertiary/aromatic N) is 4. The van der Waals surface area contributed by atoms with E-state index in [1.807, 2.05) is 44.3 Å². The molecule has 0 spiro atoms. The number of nitrogens with one attached hydrogen (secondary N) is 1. The average Bonchev–Trinajstić information content (AvgIpc) is 3.38. The first-order valence-electron chi connectivity index (χ1n) is 10.1. The molecule has 31 heavy (non-hydrogen) atoms. The molecule has 154 valence electrons. The van der Waals surface area contributed by atoms with Crippen LogP contribution in [0.5, 0.6) is 0 Å². The fourth-order valence-electron chi connectivity index (χ4n) is 3.70. The molecule has 0 atom stereocenters. The van der Waals surface area contributed by atoms with Gasteiger partial charge in [-0.3, -0.25) is 10.2 Å². The minimum atomic E-state index is -0.401. The van der Waals surface area contributed by atoms with Gasteiger partial charge in [-0.25, -0.2) is 0 Å². The molecule has 5 rings (SSSR count). The number of carbonyl (C=O) groups excluding carboxylic acids is 1. The highest BCUT2D eigenvalue weighted by atomic mass is 32.2. The van der Waals surface area contributed by atoms with Gasteiger partial charge in [0.05, 0.1) is 5.57 Å². The maximum absolute atomic E-state index is 12.7. The normalized spacial score (nSPS) is 17.5. The summed E-state index contributed by atoms with van der Waals surface area (Å²) in [6.07, 6.45) is 3.73. The molecule has 0 saturated carbocycles. The molecule has 1 aromatic heterocycles. The maximum atomic E-state index is 12.7. The van der Waals surface area contributed by atoms with Gasteiger partial charge in [-0.15, -0.1) is 0 Å². The van der Waals surface area contributed by atoms with Crippen LogP contribution in [0.2, 0.25) is 0 Å².